The van der Waals surface area contributed by atoms with Crippen LogP contribution in [-0.4, -0.2) is 35.3 Å². The first kappa shape index (κ1) is 17.0. The highest BCUT2D eigenvalue weighted by Crippen LogP contribution is 2.13. The van der Waals surface area contributed by atoms with Gasteiger partial charge in [-0.2, -0.15) is 0 Å². The number of amides is 2. The van der Waals surface area contributed by atoms with Crippen LogP contribution >= 0.6 is 0 Å². The molecule has 1 aliphatic heterocycles. The Balaban J connectivity index is 2.16. The summed E-state index contributed by atoms with van der Waals surface area (Å²) in [7, 11) is 0. The first-order valence-corrected chi connectivity index (χ1v) is 8.18. The average Bonchev–Trinajstić information content (AvgIpc) is 2.43. The van der Waals surface area contributed by atoms with Gasteiger partial charge in [0.15, 0.2) is 0 Å². The van der Waals surface area contributed by atoms with Crippen molar-refractivity contribution in [2.45, 2.75) is 84.2 Å². The van der Waals surface area contributed by atoms with Gasteiger partial charge in [-0.15, -0.1) is 0 Å². The van der Waals surface area contributed by atoms with Crippen molar-refractivity contribution in [2.24, 2.45) is 0 Å². The smallest absolute Gasteiger partial charge is 0.245 e. The molecule has 0 saturated carbocycles. The zero-order valence-corrected chi connectivity index (χ0v) is 13.3. The van der Waals surface area contributed by atoms with Gasteiger partial charge >= 0.3 is 0 Å². The largest absolute Gasteiger partial charge is 0.343 e. The van der Waals surface area contributed by atoms with Crippen molar-refractivity contribution in [1.29, 1.82) is 0 Å². The molecule has 4 heteroatoms. The Hall–Kier alpha value is -1.06. The number of hydrogen-bond acceptors (Lipinski definition) is 2. The van der Waals surface area contributed by atoms with Crippen LogP contribution in [0, 0.1) is 0 Å². The van der Waals surface area contributed by atoms with Crippen LogP contribution in [0.15, 0.2) is 0 Å². The fraction of sp³-hybridized carbons (Fsp3) is 0.875. The van der Waals surface area contributed by atoms with E-state index in [1.54, 1.807) is 11.8 Å². The summed E-state index contributed by atoms with van der Waals surface area (Å²) in [6.07, 6.45) is 9.98. The van der Waals surface area contributed by atoms with Crippen molar-refractivity contribution < 1.29 is 9.59 Å². The monoisotopic (exact) mass is 282 g/mol. The summed E-state index contributed by atoms with van der Waals surface area (Å²) in [5.74, 6) is 0.0247. The van der Waals surface area contributed by atoms with Gasteiger partial charge in [-0.05, 0) is 20.3 Å². The number of rotatable bonds is 9. The Morgan fingerprint density at radius 2 is 1.50 bits per heavy atom. The highest BCUT2D eigenvalue weighted by Gasteiger charge is 2.34. The number of nitrogens with one attached hydrogen (secondary N) is 1. The summed E-state index contributed by atoms with van der Waals surface area (Å²) in [5.41, 5.74) is 0. The SMILES string of the molecule is CCCCCCCCCCN1C(=O)C(C)NC(=O)C1C. The van der Waals surface area contributed by atoms with E-state index in [1.807, 2.05) is 6.92 Å². The topological polar surface area (TPSA) is 49.4 Å². The molecule has 1 N–H and O–H groups in total. The lowest BCUT2D eigenvalue weighted by atomic mass is 10.1. The molecule has 0 aromatic rings. The summed E-state index contributed by atoms with van der Waals surface area (Å²) in [6, 6.07) is -0.684. The predicted molar refractivity (Wildman–Crippen MR) is 81.4 cm³/mol. The van der Waals surface area contributed by atoms with E-state index in [4.69, 9.17) is 0 Å². The number of hydrogen-bond donors (Lipinski definition) is 1. The summed E-state index contributed by atoms with van der Waals surface area (Å²) in [5, 5.41) is 2.71. The molecule has 0 bridgehead atoms. The molecule has 0 aliphatic carbocycles. The fourth-order valence-electron chi connectivity index (χ4n) is 2.70. The standard InChI is InChI=1S/C16H30N2O2/c1-4-5-6-7-8-9-10-11-12-18-14(3)15(19)17-13(2)16(18)20/h13-14H,4-12H2,1-3H3,(H,17,19). The number of carbonyl (C=O) groups is 2. The van der Waals surface area contributed by atoms with E-state index >= 15 is 0 Å². The van der Waals surface area contributed by atoms with Gasteiger partial charge in [0.1, 0.15) is 12.1 Å². The zero-order chi connectivity index (χ0) is 15.0. The summed E-state index contributed by atoms with van der Waals surface area (Å²) in [4.78, 5) is 25.5. The second-order valence-electron chi connectivity index (χ2n) is 5.91. The Morgan fingerprint density at radius 1 is 0.950 bits per heavy atom. The maximum atomic E-state index is 12.0. The molecule has 2 atom stereocenters. The van der Waals surface area contributed by atoms with E-state index in [-0.39, 0.29) is 23.9 Å². The highest BCUT2D eigenvalue weighted by molar-refractivity contribution is 5.96. The Kier molecular flexibility index (Phi) is 7.63. The minimum atomic E-state index is -0.368. The van der Waals surface area contributed by atoms with Crippen molar-refractivity contribution in [3.05, 3.63) is 0 Å². The van der Waals surface area contributed by atoms with Crippen molar-refractivity contribution in [2.75, 3.05) is 6.54 Å². The van der Waals surface area contributed by atoms with Crippen LogP contribution in [0.25, 0.3) is 0 Å². The van der Waals surface area contributed by atoms with E-state index in [0.29, 0.717) is 6.54 Å². The van der Waals surface area contributed by atoms with Crippen LogP contribution in [0.5, 0.6) is 0 Å². The van der Waals surface area contributed by atoms with E-state index < -0.39 is 0 Å². The minimum Gasteiger partial charge on any atom is -0.343 e. The average molecular weight is 282 g/mol. The van der Waals surface area contributed by atoms with Crippen LogP contribution in [-0.2, 0) is 9.59 Å². The molecule has 0 radical (unpaired) electrons. The van der Waals surface area contributed by atoms with Gasteiger partial charge in [0.25, 0.3) is 0 Å². The molecule has 1 fully saturated rings. The van der Waals surface area contributed by atoms with Crippen LogP contribution in [0.3, 0.4) is 0 Å². The Labute approximate surface area is 123 Å². The molecular weight excluding hydrogens is 252 g/mol. The minimum absolute atomic E-state index is 0.0309. The van der Waals surface area contributed by atoms with Crippen LogP contribution in [0.2, 0.25) is 0 Å². The van der Waals surface area contributed by atoms with Crippen molar-refractivity contribution in [3.8, 4) is 0 Å². The quantitative estimate of drug-likeness (QED) is 0.661. The third-order valence-corrected chi connectivity index (χ3v) is 4.11. The predicted octanol–water partition coefficient (Wildman–Crippen LogP) is 2.86. The molecule has 2 amide bonds. The molecule has 4 nitrogen and oxygen atoms in total. The van der Waals surface area contributed by atoms with Gasteiger partial charge in [-0.3, -0.25) is 9.59 Å². The van der Waals surface area contributed by atoms with Crippen molar-refractivity contribution in [1.82, 2.24) is 10.2 Å². The second-order valence-corrected chi connectivity index (χ2v) is 5.91. The maximum absolute atomic E-state index is 12.0. The highest BCUT2D eigenvalue weighted by atomic mass is 16.2. The number of carbonyl (C=O) groups excluding carboxylic acids is 2. The lowest BCUT2D eigenvalue weighted by molar-refractivity contribution is -0.148. The first-order chi connectivity index (χ1) is 9.57. The lowest BCUT2D eigenvalue weighted by Gasteiger charge is -2.36. The first-order valence-electron chi connectivity index (χ1n) is 8.18. The molecule has 2 unspecified atom stereocenters. The fourth-order valence-corrected chi connectivity index (χ4v) is 2.70. The molecule has 116 valence electrons. The van der Waals surface area contributed by atoms with Gasteiger partial charge in [-0.1, -0.05) is 51.9 Å². The third kappa shape index (κ3) is 5.14. The number of unbranched alkanes of at least 4 members (excludes halogenated alkanes) is 7. The third-order valence-electron chi connectivity index (χ3n) is 4.11. The second kappa shape index (κ2) is 8.98. The van der Waals surface area contributed by atoms with Gasteiger partial charge < -0.3 is 10.2 Å². The van der Waals surface area contributed by atoms with Crippen LogP contribution in [0.1, 0.15) is 72.1 Å². The van der Waals surface area contributed by atoms with Crippen molar-refractivity contribution >= 4 is 11.8 Å². The van der Waals surface area contributed by atoms with E-state index in [0.717, 1.165) is 12.8 Å². The normalized spacial score (nSPS) is 23.1. The molecule has 1 rings (SSSR count). The zero-order valence-electron chi connectivity index (χ0n) is 13.3. The van der Waals surface area contributed by atoms with Gasteiger partial charge in [0, 0.05) is 6.54 Å². The Morgan fingerprint density at radius 3 is 2.10 bits per heavy atom. The molecule has 0 spiro atoms. The van der Waals surface area contributed by atoms with E-state index in [9.17, 15) is 9.59 Å². The molecule has 1 heterocycles. The van der Waals surface area contributed by atoms with Crippen LogP contribution in [0.4, 0.5) is 0 Å². The van der Waals surface area contributed by atoms with Gasteiger partial charge in [-0.25, -0.2) is 0 Å². The summed E-state index contributed by atoms with van der Waals surface area (Å²) in [6.45, 7) is 6.51. The van der Waals surface area contributed by atoms with Gasteiger partial charge in [0.2, 0.25) is 11.8 Å². The van der Waals surface area contributed by atoms with Gasteiger partial charge in [0.05, 0.1) is 0 Å². The lowest BCUT2D eigenvalue weighted by Crippen LogP contribution is -2.61. The number of piperazine rings is 1. The molecule has 0 aromatic carbocycles. The summed E-state index contributed by atoms with van der Waals surface area (Å²) < 4.78 is 0. The molecule has 1 saturated heterocycles. The molecular formula is C16H30N2O2. The van der Waals surface area contributed by atoms with E-state index in [2.05, 4.69) is 12.2 Å². The molecule has 1 aliphatic rings. The maximum Gasteiger partial charge on any atom is 0.245 e. The molecule has 0 aromatic heterocycles. The van der Waals surface area contributed by atoms with E-state index in [1.165, 1.54) is 38.5 Å². The summed E-state index contributed by atoms with van der Waals surface area (Å²) >= 11 is 0. The molecule has 20 heavy (non-hydrogen) atoms. The number of nitrogens with zero attached hydrogens (tertiary/aromatic N) is 1. The van der Waals surface area contributed by atoms with Crippen molar-refractivity contribution in [3.63, 3.8) is 0 Å². The van der Waals surface area contributed by atoms with Crippen LogP contribution < -0.4 is 5.32 Å². The Bertz CT molecular complexity index is 318.